The molecular weight excluding hydrogens is 274 g/mol. The lowest BCUT2D eigenvalue weighted by atomic mass is 10.2. The molecule has 0 radical (unpaired) electrons. The first-order chi connectivity index (χ1) is 9.74. The molecule has 2 aromatic heterocycles. The smallest absolute Gasteiger partial charge is 0.276 e. The number of carbonyl (C=O) groups is 1. The molecule has 1 aliphatic heterocycles. The van der Waals surface area contributed by atoms with Gasteiger partial charge in [-0.05, 0) is 18.4 Å². The van der Waals surface area contributed by atoms with Crippen molar-refractivity contribution in [2.75, 3.05) is 19.6 Å². The van der Waals surface area contributed by atoms with E-state index in [9.17, 15) is 4.79 Å². The summed E-state index contributed by atoms with van der Waals surface area (Å²) in [5, 5.41) is 13.4. The highest BCUT2D eigenvalue weighted by Gasteiger charge is 2.25. The van der Waals surface area contributed by atoms with Crippen LogP contribution >= 0.6 is 11.3 Å². The zero-order chi connectivity index (χ0) is 13.9. The zero-order valence-corrected chi connectivity index (χ0v) is 12.1. The fourth-order valence-electron chi connectivity index (χ4n) is 2.33. The van der Waals surface area contributed by atoms with Gasteiger partial charge in [0.15, 0.2) is 5.69 Å². The third-order valence-electron chi connectivity index (χ3n) is 3.42. The van der Waals surface area contributed by atoms with E-state index in [1.54, 1.807) is 22.2 Å². The van der Waals surface area contributed by atoms with Crippen molar-refractivity contribution < 1.29 is 4.79 Å². The molecular formula is C13H17N5OS. The molecule has 1 atom stereocenters. The van der Waals surface area contributed by atoms with Crippen LogP contribution < -0.4 is 5.32 Å². The molecule has 0 aromatic carbocycles. The van der Waals surface area contributed by atoms with Crippen LogP contribution in [0.2, 0.25) is 0 Å². The molecule has 7 heteroatoms. The number of carbonyl (C=O) groups excluding carboxylic acids is 1. The molecule has 3 heterocycles. The van der Waals surface area contributed by atoms with Gasteiger partial charge < -0.3 is 10.2 Å². The minimum absolute atomic E-state index is 0.0311. The molecule has 106 valence electrons. The second-order valence-corrected chi connectivity index (χ2v) is 5.96. The molecule has 1 fully saturated rings. The Morgan fingerprint density at radius 3 is 3.25 bits per heavy atom. The van der Waals surface area contributed by atoms with Crippen LogP contribution in [-0.4, -0.2) is 51.5 Å². The number of hydrogen-bond donors (Lipinski definition) is 1. The Bertz CT molecular complexity index is 579. The lowest BCUT2D eigenvalue weighted by Gasteiger charge is -2.33. The largest absolute Gasteiger partial charge is 0.332 e. The third kappa shape index (κ3) is 2.73. The number of thiophene rings is 1. The van der Waals surface area contributed by atoms with Gasteiger partial charge in [0.05, 0.1) is 12.7 Å². The highest BCUT2D eigenvalue weighted by Crippen LogP contribution is 2.11. The van der Waals surface area contributed by atoms with Gasteiger partial charge in [0.25, 0.3) is 5.91 Å². The number of aromatic nitrogens is 3. The van der Waals surface area contributed by atoms with Gasteiger partial charge in [0.2, 0.25) is 0 Å². The summed E-state index contributed by atoms with van der Waals surface area (Å²) in [6, 6.07) is 4.25. The minimum Gasteiger partial charge on any atom is -0.332 e. The van der Waals surface area contributed by atoms with Crippen LogP contribution in [0.3, 0.4) is 0 Å². The molecule has 1 amide bonds. The molecule has 6 nitrogen and oxygen atoms in total. The van der Waals surface area contributed by atoms with Crippen LogP contribution in [0.25, 0.3) is 0 Å². The van der Waals surface area contributed by atoms with Gasteiger partial charge in [-0.25, -0.2) is 4.68 Å². The SMILES string of the molecule is C[C@@H]1CNCCN1C(=O)c1cn(Cc2cccs2)nn1. The molecule has 3 rings (SSSR count). The van der Waals surface area contributed by atoms with Gasteiger partial charge in [0.1, 0.15) is 0 Å². The molecule has 1 N–H and O–H groups in total. The van der Waals surface area contributed by atoms with Crippen LogP contribution in [0.1, 0.15) is 22.3 Å². The van der Waals surface area contributed by atoms with E-state index in [4.69, 9.17) is 0 Å². The summed E-state index contributed by atoms with van der Waals surface area (Å²) < 4.78 is 1.71. The molecule has 0 aliphatic carbocycles. The normalized spacial score (nSPS) is 19.2. The molecule has 1 aliphatic rings. The Balaban J connectivity index is 1.71. The van der Waals surface area contributed by atoms with Gasteiger partial charge in [0, 0.05) is 30.6 Å². The number of nitrogens with zero attached hydrogens (tertiary/aromatic N) is 4. The lowest BCUT2D eigenvalue weighted by Crippen LogP contribution is -2.52. The van der Waals surface area contributed by atoms with Crippen molar-refractivity contribution in [2.24, 2.45) is 0 Å². The molecule has 0 unspecified atom stereocenters. The van der Waals surface area contributed by atoms with Crippen LogP contribution in [0.5, 0.6) is 0 Å². The van der Waals surface area contributed by atoms with Gasteiger partial charge >= 0.3 is 0 Å². The molecule has 20 heavy (non-hydrogen) atoms. The van der Waals surface area contributed by atoms with Gasteiger partial charge in [-0.2, -0.15) is 0 Å². The summed E-state index contributed by atoms with van der Waals surface area (Å²) in [6.07, 6.45) is 1.73. The Kier molecular flexibility index (Phi) is 3.79. The van der Waals surface area contributed by atoms with Crippen molar-refractivity contribution in [1.82, 2.24) is 25.2 Å². The number of amides is 1. The Morgan fingerprint density at radius 1 is 1.60 bits per heavy atom. The van der Waals surface area contributed by atoms with E-state index in [1.807, 2.05) is 29.3 Å². The maximum atomic E-state index is 12.4. The molecule has 2 aromatic rings. The summed E-state index contributed by atoms with van der Waals surface area (Å²) in [5.41, 5.74) is 0.426. The Labute approximate surface area is 121 Å². The van der Waals surface area contributed by atoms with E-state index in [1.165, 1.54) is 4.88 Å². The van der Waals surface area contributed by atoms with Crippen molar-refractivity contribution in [3.05, 3.63) is 34.3 Å². The van der Waals surface area contributed by atoms with Crippen molar-refractivity contribution in [3.8, 4) is 0 Å². The highest BCUT2D eigenvalue weighted by molar-refractivity contribution is 7.09. The maximum Gasteiger partial charge on any atom is 0.276 e. The average Bonchev–Trinajstić information content (AvgIpc) is 3.11. The monoisotopic (exact) mass is 291 g/mol. The van der Waals surface area contributed by atoms with E-state index < -0.39 is 0 Å². The molecule has 0 saturated carbocycles. The maximum absolute atomic E-state index is 12.4. The fraction of sp³-hybridized carbons (Fsp3) is 0.462. The third-order valence-corrected chi connectivity index (χ3v) is 4.28. The second kappa shape index (κ2) is 5.72. The Morgan fingerprint density at radius 2 is 2.50 bits per heavy atom. The number of rotatable bonds is 3. The number of piperazine rings is 1. The van der Waals surface area contributed by atoms with E-state index in [0.717, 1.165) is 19.6 Å². The van der Waals surface area contributed by atoms with Gasteiger partial charge in [-0.1, -0.05) is 11.3 Å². The summed E-state index contributed by atoms with van der Waals surface area (Å²) >= 11 is 1.67. The summed E-state index contributed by atoms with van der Waals surface area (Å²) in [7, 11) is 0. The predicted octanol–water partition coefficient (Wildman–Crippen LogP) is 0.822. The van der Waals surface area contributed by atoms with Crippen LogP contribution in [0.15, 0.2) is 23.7 Å². The average molecular weight is 291 g/mol. The van der Waals surface area contributed by atoms with Crippen LogP contribution in [-0.2, 0) is 6.54 Å². The summed E-state index contributed by atoms with van der Waals surface area (Å²) in [5.74, 6) is -0.0311. The van der Waals surface area contributed by atoms with Gasteiger partial charge in [-0.15, -0.1) is 16.4 Å². The van der Waals surface area contributed by atoms with E-state index in [2.05, 4.69) is 15.6 Å². The van der Waals surface area contributed by atoms with Crippen LogP contribution in [0.4, 0.5) is 0 Å². The summed E-state index contributed by atoms with van der Waals surface area (Å²) in [6.45, 7) is 5.08. The van der Waals surface area contributed by atoms with Gasteiger partial charge in [-0.3, -0.25) is 4.79 Å². The van der Waals surface area contributed by atoms with Crippen molar-refractivity contribution in [3.63, 3.8) is 0 Å². The van der Waals surface area contributed by atoms with Crippen molar-refractivity contribution in [1.29, 1.82) is 0 Å². The quantitative estimate of drug-likeness (QED) is 0.909. The second-order valence-electron chi connectivity index (χ2n) is 4.93. The molecule has 0 spiro atoms. The predicted molar refractivity (Wildman–Crippen MR) is 76.8 cm³/mol. The molecule has 0 bridgehead atoms. The fourth-order valence-corrected chi connectivity index (χ4v) is 3.02. The first-order valence-corrected chi connectivity index (χ1v) is 7.56. The van der Waals surface area contributed by atoms with Crippen molar-refractivity contribution in [2.45, 2.75) is 19.5 Å². The number of hydrogen-bond acceptors (Lipinski definition) is 5. The highest BCUT2D eigenvalue weighted by atomic mass is 32.1. The minimum atomic E-state index is -0.0311. The topological polar surface area (TPSA) is 63.1 Å². The summed E-state index contributed by atoms with van der Waals surface area (Å²) in [4.78, 5) is 15.5. The van der Waals surface area contributed by atoms with E-state index >= 15 is 0 Å². The van der Waals surface area contributed by atoms with E-state index in [-0.39, 0.29) is 11.9 Å². The molecule has 1 saturated heterocycles. The van der Waals surface area contributed by atoms with E-state index in [0.29, 0.717) is 12.2 Å². The Hall–Kier alpha value is -1.73. The zero-order valence-electron chi connectivity index (χ0n) is 11.3. The lowest BCUT2D eigenvalue weighted by molar-refractivity contribution is 0.0649. The van der Waals surface area contributed by atoms with Crippen LogP contribution in [0, 0.1) is 0 Å². The standard InChI is InChI=1S/C13H17N5OS/c1-10-7-14-4-5-18(10)13(19)12-9-17(16-15-12)8-11-3-2-6-20-11/h2-3,6,9-10,14H,4-5,7-8H2,1H3/t10-/m1/s1. The first-order valence-electron chi connectivity index (χ1n) is 6.68. The van der Waals surface area contributed by atoms with Crippen molar-refractivity contribution >= 4 is 17.2 Å². The number of nitrogens with one attached hydrogen (secondary N) is 1. The first kappa shape index (κ1) is 13.3.